The van der Waals surface area contributed by atoms with E-state index in [1.165, 1.54) is 33.3 Å². The fourth-order valence-electron chi connectivity index (χ4n) is 3.09. The van der Waals surface area contributed by atoms with Gasteiger partial charge >= 0.3 is 5.69 Å². The Morgan fingerprint density at radius 3 is 2.55 bits per heavy atom. The van der Waals surface area contributed by atoms with Gasteiger partial charge in [-0.2, -0.15) is 0 Å². The monoisotopic (exact) mass is 456 g/mol. The lowest BCUT2D eigenvalue weighted by molar-refractivity contribution is -0.113. The molecular weight excluding hydrogens is 440 g/mol. The number of rotatable bonds is 6. The van der Waals surface area contributed by atoms with E-state index in [2.05, 4.69) is 10.4 Å². The molecule has 2 aromatic carbocycles. The highest BCUT2D eigenvalue weighted by Crippen LogP contribution is 2.17. The fraction of sp³-hybridized carbons (Fsp3) is 0.0952. The molecule has 0 radical (unpaired) electrons. The van der Waals surface area contributed by atoms with E-state index in [4.69, 9.17) is 11.6 Å². The van der Waals surface area contributed by atoms with Gasteiger partial charge in [-0.25, -0.2) is 17.9 Å². The minimum Gasteiger partial charge on any atom is -0.325 e. The van der Waals surface area contributed by atoms with Crippen LogP contribution in [-0.4, -0.2) is 34.3 Å². The van der Waals surface area contributed by atoms with E-state index in [-0.39, 0.29) is 17.1 Å². The number of pyridine rings is 1. The molecule has 0 bridgehead atoms. The topological polar surface area (TPSA) is 103 Å². The number of aromatic nitrogens is 3. The number of carbonyl (C=O) groups excluding carboxylic acids is 1. The van der Waals surface area contributed by atoms with Crippen LogP contribution in [-0.2, 0) is 21.2 Å². The van der Waals surface area contributed by atoms with Crippen LogP contribution in [0.15, 0.2) is 82.6 Å². The van der Waals surface area contributed by atoms with Gasteiger partial charge < -0.3 is 5.32 Å². The second-order valence-electron chi connectivity index (χ2n) is 6.83. The van der Waals surface area contributed by atoms with Gasteiger partial charge in [0, 0.05) is 16.9 Å². The largest absolute Gasteiger partial charge is 0.350 e. The van der Waals surface area contributed by atoms with Crippen molar-refractivity contribution >= 4 is 38.7 Å². The summed E-state index contributed by atoms with van der Waals surface area (Å²) >= 11 is 5.78. The van der Waals surface area contributed by atoms with Crippen LogP contribution in [0, 0.1) is 0 Å². The van der Waals surface area contributed by atoms with Gasteiger partial charge in [-0.15, -0.1) is 5.10 Å². The first-order valence-corrected chi connectivity index (χ1v) is 11.3. The lowest BCUT2D eigenvalue weighted by atomic mass is 10.2. The van der Waals surface area contributed by atoms with Gasteiger partial charge in [0.2, 0.25) is 5.91 Å². The van der Waals surface area contributed by atoms with Crippen LogP contribution in [0.3, 0.4) is 0 Å². The van der Waals surface area contributed by atoms with Crippen LogP contribution in [0.25, 0.3) is 5.65 Å². The van der Waals surface area contributed by atoms with Crippen LogP contribution >= 0.6 is 11.6 Å². The molecular formula is C21H17ClN4O4S. The number of carbonyl (C=O) groups is 1. The highest BCUT2D eigenvalue weighted by atomic mass is 35.5. The first-order chi connectivity index (χ1) is 14.8. The maximum atomic E-state index is 12.4. The average molecular weight is 457 g/mol. The van der Waals surface area contributed by atoms with E-state index < -0.39 is 21.5 Å². The second kappa shape index (κ2) is 8.37. The molecule has 0 aliphatic heterocycles. The molecule has 31 heavy (non-hydrogen) atoms. The Labute approximate surface area is 182 Å². The predicted octanol–water partition coefficient (Wildman–Crippen LogP) is 2.61. The van der Waals surface area contributed by atoms with Crippen molar-refractivity contribution in [3.05, 3.63) is 94.0 Å². The van der Waals surface area contributed by atoms with Crippen LogP contribution in [0.5, 0.6) is 0 Å². The number of anilines is 1. The Balaban J connectivity index is 1.48. The molecule has 8 nitrogen and oxygen atoms in total. The SMILES string of the molecule is O=C(CS(=O)(=O)c1ccc(Cl)cc1)Nc1cccc(Cn2nc3ccccn3c2=O)c1. The predicted molar refractivity (Wildman–Crippen MR) is 117 cm³/mol. The quantitative estimate of drug-likeness (QED) is 0.480. The summed E-state index contributed by atoms with van der Waals surface area (Å²) < 4.78 is 27.6. The third-order valence-corrected chi connectivity index (χ3v) is 6.41. The number of benzene rings is 2. The lowest BCUT2D eigenvalue weighted by Gasteiger charge is -2.08. The van der Waals surface area contributed by atoms with Crippen LogP contribution < -0.4 is 11.0 Å². The standard InChI is InChI=1S/C21H17ClN4O4S/c22-16-7-9-18(10-8-16)31(29,30)14-20(27)23-17-5-3-4-15(12-17)13-26-21(28)25-11-2-1-6-19(25)24-26/h1-12H,13-14H2,(H,23,27). The molecule has 1 N–H and O–H groups in total. The Kier molecular flexibility index (Phi) is 5.62. The van der Waals surface area contributed by atoms with Gasteiger partial charge in [-0.3, -0.25) is 9.20 Å². The lowest BCUT2D eigenvalue weighted by Crippen LogP contribution is -2.23. The van der Waals surface area contributed by atoms with Gasteiger partial charge in [0.1, 0.15) is 5.75 Å². The molecule has 4 rings (SSSR count). The van der Waals surface area contributed by atoms with Crippen molar-refractivity contribution < 1.29 is 13.2 Å². The maximum Gasteiger partial charge on any atom is 0.350 e. The number of hydrogen-bond donors (Lipinski definition) is 1. The zero-order chi connectivity index (χ0) is 22.0. The molecule has 1 amide bonds. The Bertz CT molecular complexity index is 1430. The number of fused-ring (bicyclic) bond motifs is 1. The summed E-state index contributed by atoms with van der Waals surface area (Å²) in [5.41, 5.74) is 1.40. The van der Waals surface area contributed by atoms with Crippen molar-refractivity contribution in [3.63, 3.8) is 0 Å². The van der Waals surface area contributed by atoms with E-state index in [1.807, 2.05) is 0 Å². The van der Waals surface area contributed by atoms with Crippen LogP contribution in [0.2, 0.25) is 5.02 Å². The van der Waals surface area contributed by atoms with Crippen molar-refractivity contribution in [2.45, 2.75) is 11.4 Å². The van der Waals surface area contributed by atoms with E-state index in [1.54, 1.807) is 48.7 Å². The number of hydrogen-bond acceptors (Lipinski definition) is 5. The van der Waals surface area contributed by atoms with Gasteiger partial charge in [0.15, 0.2) is 15.5 Å². The van der Waals surface area contributed by atoms with Gasteiger partial charge in [0.25, 0.3) is 0 Å². The normalized spacial score (nSPS) is 11.5. The zero-order valence-corrected chi connectivity index (χ0v) is 17.7. The molecule has 2 heterocycles. The van der Waals surface area contributed by atoms with Crippen molar-refractivity contribution in [1.29, 1.82) is 0 Å². The summed E-state index contributed by atoms with van der Waals surface area (Å²) in [5.74, 6) is -1.37. The number of sulfone groups is 1. The van der Waals surface area contributed by atoms with Crippen LogP contribution in [0.4, 0.5) is 5.69 Å². The number of amides is 1. The molecule has 0 fully saturated rings. The number of halogens is 1. The highest BCUT2D eigenvalue weighted by Gasteiger charge is 2.19. The Morgan fingerprint density at radius 1 is 1.03 bits per heavy atom. The summed E-state index contributed by atoms with van der Waals surface area (Å²) in [4.78, 5) is 24.8. The van der Waals surface area contributed by atoms with Crippen LogP contribution in [0.1, 0.15) is 5.56 Å². The summed E-state index contributed by atoms with van der Waals surface area (Å²) in [6, 6.07) is 17.7. The molecule has 2 aromatic heterocycles. The van der Waals surface area contributed by atoms with E-state index in [0.29, 0.717) is 16.4 Å². The van der Waals surface area contributed by atoms with Gasteiger partial charge in [0.05, 0.1) is 11.4 Å². The molecule has 0 saturated heterocycles. The first-order valence-electron chi connectivity index (χ1n) is 9.23. The smallest absolute Gasteiger partial charge is 0.325 e. The fourth-order valence-corrected chi connectivity index (χ4v) is 4.35. The minimum absolute atomic E-state index is 0.0204. The van der Waals surface area contributed by atoms with Crippen molar-refractivity contribution in [2.75, 3.05) is 11.1 Å². The molecule has 0 aliphatic rings. The van der Waals surface area contributed by atoms with Gasteiger partial charge in [-0.1, -0.05) is 29.8 Å². The maximum absolute atomic E-state index is 12.4. The van der Waals surface area contributed by atoms with Crippen molar-refractivity contribution in [3.8, 4) is 0 Å². The summed E-state index contributed by atoms with van der Waals surface area (Å²) in [6.45, 7) is 0.202. The van der Waals surface area contributed by atoms with Gasteiger partial charge in [-0.05, 0) is 54.1 Å². The molecule has 0 aliphatic carbocycles. The highest BCUT2D eigenvalue weighted by molar-refractivity contribution is 7.92. The minimum atomic E-state index is -3.80. The van der Waals surface area contributed by atoms with Crippen molar-refractivity contribution in [2.24, 2.45) is 0 Å². The number of nitrogens with one attached hydrogen (secondary N) is 1. The molecule has 10 heteroatoms. The second-order valence-corrected chi connectivity index (χ2v) is 9.26. The molecule has 0 spiro atoms. The van der Waals surface area contributed by atoms with E-state index >= 15 is 0 Å². The molecule has 158 valence electrons. The Hall–Kier alpha value is -3.43. The third-order valence-electron chi connectivity index (χ3n) is 4.53. The third kappa shape index (κ3) is 4.68. The Morgan fingerprint density at radius 2 is 1.81 bits per heavy atom. The molecule has 0 atom stereocenters. The number of nitrogens with zero attached hydrogens (tertiary/aromatic N) is 3. The summed E-state index contributed by atoms with van der Waals surface area (Å²) in [6.07, 6.45) is 1.64. The van der Waals surface area contributed by atoms with E-state index in [0.717, 1.165) is 5.56 Å². The molecule has 0 unspecified atom stereocenters. The van der Waals surface area contributed by atoms with Crippen molar-refractivity contribution in [1.82, 2.24) is 14.2 Å². The summed E-state index contributed by atoms with van der Waals surface area (Å²) in [5, 5.41) is 7.27. The zero-order valence-electron chi connectivity index (χ0n) is 16.1. The molecule has 0 saturated carbocycles. The summed E-state index contributed by atoms with van der Waals surface area (Å²) in [7, 11) is -3.80. The first kappa shape index (κ1) is 20.8. The molecule has 4 aromatic rings. The average Bonchev–Trinajstić information content (AvgIpc) is 3.04. The van der Waals surface area contributed by atoms with E-state index in [9.17, 15) is 18.0 Å².